The van der Waals surface area contributed by atoms with Gasteiger partial charge in [0.15, 0.2) is 0 Å². The minimum absolute atomic E-state index is 0.572. The maximum atomic E-state index is 3.22. The van der Waals surface area contributed by atoms with E-state index in [1.807, 2.05) is 14.1 Å². The number of nitrogens with zero attached hydrogens (tertiary/aromatic N) is 1. The van der Waals surface area contributed by atoms with Crippen LogP contribution in [0.3, 0.4) is 0 Å². The SMILES string of the molecule is CNC(C)CC(C)N(C)NC. The Morgan fingerprint density at radius 3 is 2.18 bits per heavy atom. The summed E-state index contributed by atoms with van der Waals surface area (Å²) in [4.78, 5) is 0. The Hall–Kier alpha value is -0.120. The predicted octanol–water partition coefficient (Wildman–Crippen LogP) is 0.439. The molecule has 3 heteroatoms. The van der Waals surface area contributed by atoms with Crippen LogP contribution in [0.4, 0.5) is 0 Å². The molecule has 0 fully saturated rings. The van der Waals surface area contributed by atoms with Crippen molar-refractivity contribution in [3.63, 3.8) is 0 Å². The molecule has 0 aliphatic heterocycles. The van der Waals surface area contributed by atoms with Gasteiger partial charge in [0.25, 0.3) is 0 Å². The van der Waals surface area contributed by atoms with Crippen LogP contribution < -0.4 is 10.7 Å². The monoisotopic (exact) mass is 159 g/mol. The van der Waals surface area contributed by atoms with Gasteiger partial charge in [-0.15, -0.1) is 0 Å². The predicted molar refractivity (Wildman–Crippen MR) is 49.4 cm³/mol. The quantitative estimate of drug-likeness (QED) is 0.570. The van der Waals surface area contributed by atoms with Gasteiger partial charge in [-0.1, -0.05) is 0 Å². The molecule has 0 saturated heterocycles. The standard InChI is InChI=1S/C8H21N3/c1-7(9-3)6-8(2)11(5)10-4/h7-10H,6H2,1-5H3. The lowest BCUT2D eigenvalue weighted by Gasteiger charge is -2.25. The summed E-state index contributed by atoms with van der Waals surface area (Å²) in [5.74, 6) is 0. The van der Waals surface area contributed by atoms with Gasteiger partial charge in [0.05, 0.1) is 0 Å². The maximum Gasteiger partial charge on any atom is 0.0226 e. The van der Waals surface area contributed by atoms with Crippen LogP contribution in [-0.2, 0) is 0 Å². The summed E-state index contributed by atoms with van der Waals surface area (Å²) in [6, 6.07) is 1.16. The number of rotatable bonds is 5. The largest absolute Gasteiger partial charge is 0.317 e. The fraction of sp³-hybridized carbons (Fsp3) is 1.00. The van der Waals surface area contributed by atoms with E-state index in [1.165, 1.54) is 0 Å². The average Bonchev–Trinajstić information content (AvgIpc) is 2.02. The summed E-state index contributed by atoms with van der Waals surface area (Å²) < 4.78 is 0. The smallest absolute Gasteiger partial charge is 0.0226 e. The molecule has 0 aromatic carbocycles. The Kier molecular flexibility index (Phi) is 5.46. The van der Waals surface area contributed by atoms with E-state index >= 15 is 0 Å². The van der Waals surface area contributed by atoms with Crippen LogP contribution in [0, 0.1) is 0 Å². The lowest BCUT2D eigenvalue weighted by Crippen LogP contribution is -2.41. The van der Waals surface area contributed by atoms with Crippen LogP contribution in [0.2, 0.25) is 0 Å². The molecule has 11 heavy (non-hydrogen) atoms. The molecule has 0 saturated carbocycles. The van der Waals surface area contributed by atoms with Crippen molar-refractivity contribution in [2.45, 2.75) is 32.4 Å². The van der Waals surface area contributed by atoms with Gasteiger partial charge in [0.1, 0.15) is 0 Å². The maximum absolute atomic E-state index is 3.22. The molecule has 0 bridgehead atoms. The topological polar surface area (TPSA) is 27.3 Å². The summed E-state index contributed by atoms with van der Waals surface area (Å²) in [7, 11) is 6.00. The van der Waals surface area contributed by atoms with Crippen molar-refractivity contribution in [1.29, 1.82) is 0 Å². The third-order valence-electron chi connectivity index (χ3n) is 2.20. The highest BCUT2D eigenvalue weighted by molar-refractivity contribution is 4.66. The van der Waals surface area contributed by atoms with Crippen molar-refractivity contribution in [2.24, 2.45) is 0 Å². The third kappa shape index (κ3) is 4.35. The van der Waals surface area contributed by atoms with Gasteiger partial charge in [-0.3, -0.25) is 5.43 Å². The molecule has 2 atom stereocenters. The zero-order valence-corrected chi connectivity index (χ0v) is 8.31. The second-order valence-electron chi connectivity index (χ2n) is 3.11. The summed E-state index contributed by atoms with van der Waals surface area (Å²) in [6.45, 7) is 4.41. The first kappa shape index (κ1) is 10.9. The summed E-state index contributed by atoms with van der Waals surface area (Å²) in [5, 5.41) is 5.34. The number of hydrazine groups is 1. The van der Waals surface area contributed by atoms with Gasteiger partial charge in [-0.2, -0.15) is 0 Å². The first-order valence-corrected chi connectivity index (χ1v) is 4.19. The van der Waals surface area contributed by atoms with E-state index in [1.54, 1.807) is 0 Å². The zero-order valence-electron chi connectivity index (χ0n) is 8.31. The van der Waals surface area contributed by atoms with Crippen molar-refractivity contribution in [1.82, 2.24) is 15.8 Å². The summed E-state index contributed by atoms with van der Waals surface area (Å²) in [5.41, 5.74) is 3.10. The Morgan fingerprint density at radius 1 is 1.27 bits per heavy atom. The fourth-order valence-electron chi connectivity index (χ4n) is 1.01. The van der Waals surface area contributed by atoms with E-state index in [2.05, 4.69) is 36.6 Å². The van der Waals surface area contributed by atoms with Crippen LogP contribution in [0.25, 0.3) is 0 Å². The van der Waals surface area contributed by atoms with Gasteiger partial charge in [0, 0.05) is 19.1 Å². The Balaban J connectivity index is 3.58. The van der Waals surface area contributed by atoms with Crippen molar-refractivity contribution in [2.75, 3.05) is 21.1 Å². The number of nitrogens with one attached hydrogen (secondary N) is 2. The number of hydrogen-bond donors (Lipinski definition) is 2. The van der Waals surface area contributed by atoms with Crippen molar-refractivity contribution < 1.29 is 0 Å². The molecule has 0 radical (unpaired) electrons. The minimum Gasteiger partial charge on any atom is -0.317 e. The second kappa shape index (κ2) is 5.52. The van der Waals surface area contributed by atoms with E-state index in [9.17, 15) is 0 Å². The van der Waals surface area contributed by atoms with Crippen LogP contribution in [0.5, 0.6) is 0 Å². The van der Waals surface area contributed by atoms with Crippen molar-refractivity contribution in [3.05, 3.63) is 0 Å². The highest BCUT2D eigenvalue weighted by Gasteiger charge is 2.09. The van der Waals surface area contributed by atoms with Crippen molar-refractivity contribution >= 4 is 0 Å². The fourth-order valence-corrected chi connectivity index (χ4v) is 1.01. The van der Waals surface area contributed by atoms with Crippen molar-refractivity contribution in [3.8, 4) is 0 Å². The molecule has 0 aromatic heterocycles. The van der Waals surface area contributed by atoms with Crippen LogP contribution in [-0.4, -0.2) is 38.2 Å². The van der Waals surface area contributed by atoms with E-state index in [-0.39, 0.29) is 0 Å². The van der Waals surface area contributed by atoms with Crippen LogP contribution in [0.15, 0.2) is 0 Å². The van der Waals surface area contributed by atoms with Crippen LogP contribution >= 0.6 is 0 Å². The first-order valence-electron chi connectivity index (χ1n) is 4.19. The lowest BCUT2D eigenvalue weighted by atomic mass is 10.1. The Labute approximate surface area is 70.1 Å². The number of hydrogen-bond acceptors (Lipinski definition) is 3. The molecular weight excluding hydrogens is 138 g/mol. The van der Waals surface area contributed by atoms with Gasteiger partial charge < -0.3 is 5.32 Å². The molecule has 3 nitrogen and oxygen atoms in total. The summed E-state index contributed by atoms with van der Waals surface area (Å²) in [6.07, 6.45) is 1.16. The third-order valence-corrected chi connectivity index (χ3v) is 2.20. The molecule has 2 unspecified atom stereocenters. The van der Waals surface area contributed by atoms with Gasteiger partial charge >= 0.3 is 0 Å². The van der Waals surface area contributed by atoms with E-state index in [0.29, 0.717) is 12.1 Å². The average molecular weight is 159 g/mol. The summed E-state index contributed by atoms with van der Waals surface area (Å²) >= 11 is 0. The van der Waals surface area contributed by atoms with E-state index in [4.69, 9.17) is 0 Å². The Morgan fingerprint density at radius 2 is 1.82 bits per heavy atom. The molecule has 0 heterocycles. The molecule has 0 aliphatic carbocycles. The normalized spacial score (nSPS) is 16.9. The molecule has 0 aromatic rings. The molecule has 0 aliphatic rings. The molecular formula is C8H21N3. The first-order chi connectivity index (χ1) is 5.11. The van der Waals surface area contributed by atoms with E-state index in [0.717, 1.165) is 6.42 Å². The lowest BCUT2D eigenvalue weighted by molar-refractivity contribution is 0.176. The molecule has 2 N–H and O–H groups in total. The molecule has 0 rings (SSSR count). The highest BCUT2D eigenvalue weighted by Crippen LogP contribution is 2.01. The van der Waals surface area contributed by atoms with Crippen LogP contribution in [0.1, 0.15) is 20.3 Å². The molecule has 0 spiro atoms. The van der Waals surface area contributed by atoms with Gasteiger partial charge in [-0.05, 0) is 34.4 Å². The second-order valence-corrected chi connectivity index (χ2v) is 3.11. The molecule has 68 valence electrons. The zero-order chi connectivity index (χ0) is 8.85. The van der Waals surface area contributed by atoms with E-state index < -0.39 is 0 Å². The Bertz CT molecular complexity index is 95.3. The van der Waals surface area contributed by atoms with Gasteiger partial charge in [0.2, 0.25) is 0 Å². The molecule has 0 amide bonds. The highest BCUT2D eigenvalue weighted by atomic mass is 15.5. The van der Waals surface area contributed by atoms with Gasteiger partial charge in [-0.25, -0.2) is 5.01 Å². The minimum atomic E-state index is 0.572.